The maximum atomic E-state index is 14.7. The lowest BCUT2D eigenvalue weighted by Crippen LogP contribution is -2.46. The number of carbonyl (C=O) groups excluding carboxylic acids is 1. The van der Waals surface area contributed by atoms with E-state index < -0.39 is 28.5 Å². The van der Waals surface area contributed by atoms with E-state index in [2.05, 4.69) is 25.8 Å². The lowest BCUT2D eigenvalue weighted by Gasteiger charge is -2.37. The summed E-state index contributed by atoms with van der Waals surface area (Å²) in [5.74, 6) is -1.32. The number of aliphatic imine (C=N–C) groups is 1. The van der Waals surface area contributed by atoms with Crippen LogP contribution in [-0.2, 0) is 14.4 Å². The highest BCUT2D eigenvalue weighted by molar-refractivity contribution is 8.15. The first-order valence-corrected chi connectivity index (χ1v) is 11.7. The van der Waals surface area contributed by atoms with Crippen molar-refractivity contribution in [1.29, 1.82) is 0 Å². The molecular formula is C24H26F2N6O2S. The molecule has 0 saturated heterocycles. The summed E-state index contributed by atoms with van der Waals surface area (Å²) in [5.41, 5.74) is 3.20. The van der Waals surface area contributed by atoms with Gasteiger partial charge in [-0.3, -0.25) is 9.79 Å². The van der Waals surface area contributed by atoms with Crippen LogP contribution in [0.15, 0.2) is 58.6 Å². The second kappa shape index (κ2) is 11.8. The van der Waals surface area contributed by atoms with E-state index in [9.17, 15) is 13.6 Å². The van der Waals surface area contributed by atoms with Gasteiger partial charge >= 0.3 is 0 Å². The fraction of sp³-hybridized carbons (Fsp3) is 0.333. The zero-order valence-corrected chi connectivity index (χ0v) is 20.4. The number of benzene rings is 2. The molecule has 1 amide bonds. The van der Waals surface area contributed by atoms with Crippen molar-refractivity contribution in [2.75, 3.05) is 20.7 Å². The zero-order chi connectivity index (χ0) is 25.4. The van der Waals surface area contributed by atoms with Crippen molar-refractivity contribution in [3.63, 3.8) is 0 Å². The van der Waals surface area contributed by atoms with Gasteiger partial charge in [-0.05, 0) is 43.5 Å². The lowest BCUT2D eigenvalue weighted by molar-refractivity contribution is -0.144. The molecule has 2 N–H and O–H groups in total. The summed E-state index contributed by atoms with van der Waals surface area (Å²) in [6.45, 7) is 8.98. The van der Waals surface area contributed by atoms with Crippen LogP contribution in [0.4, 0.5) is 8.78 Å². The average Bonchev–Trinajstić information content (AvgIpc) is 3.27. The van der Waals surface area contributed by atoms with Crippen molar-refractivity contribution in [2.24, 2.45) is 10.1 Å². The normalized spacial score (nSPS) is 18.6. The van der Waals surface area contributed by atoms with Crippen LogP contribution in [0.2, 0.25) is 0 Å². The standard InChI is InChI=1S/C24H26F2N6O2S/c1-16(34-4)22(33)32-24(17-9-6-5-7-10-17,13-8-14-29-23(27-2)30-28-3)35-21(31-32)19-15-18(25)11-12-20(19)26/h5-7,9-12,15-16H,8,13-14H2,1-2,4H3,(H2,27,29,30)/t16-,24-/m0/s1. The maximum absolute atomic E-state index is 14.7. The molecular weight excluding hydrogens is 474 g/mol. The van der Waals surface area contributed by atoms with Crippen LogP contribution in [0.5, 0.6) is 0 Å². The Morgan fingerprint density at radius 3 is 2.71 bits per heavy atom. The van der Waals surface area contributed by atoms with Crippen LogP contribution in [0, 0.1) is 18.2 Å². The van der Waals surface area contributed by atoms with Crippen LogP contribution in [0.3, 0.4) is 0 Å². The molecule has 2 aromatic rings. The van der Waals surface area contributed by atoms with Gasteiger partial charge in [-0.15, -0.1) is 0 Å². The number of hydrazone groups is 1. The molecule has 0 saturated carbocycles. The van der Waals surface area contributed by atoms with E-state index in [-0.39, 0.29) is 10.6 Å². The summed E-state index contributed by atoms with van der Waals surface area (Å²) in [6.07, 6.45) is 0.148. The fourth-order valence-electron chi connectivity index (χ4n) is 3.60. The first-order chi connectivity index (χ1) is 16.9. The van der Waals surface area contributed by atoms with E-state index >= 15 is 0 Å². The number of hydrogen-bond acceptors (Lipinski definition) is 5. The van der Waals surface area contributed by atoms with Crippen molar-refractivity contribution < 1.29 is 18.3 Å². The first kappa shape index (κ1) is 26.1. The van der Waals surface area contributed by atoms with Crippen molar-refractivity contribution >= 4 is 28.7 Å². The lowest BCUT2D eigenvalue weighted by atomic mass is 9.99. The molecule has 1 heterocycles. The number of ether oxygens (including phenoxy) is 1. The van der Waals surface area contributed by atoms with E-state index in [4.69, 9.17) is 11.3 Å². The third kappa shape index (κ3) is 5.78. The second-order valence-electron chi connectivity index (χ2n) is 7.64. The number of halogens is 2. The highest BCUT2D eigenvalue weighted by Crippen LogP contribution is 2.50. The number of rotatable bonds is 8. The van der Waals surface area contributed by atoms with Crippen molar-refractivity contribution in [3.8, 4) is 0 Å². The summed E-state index contributed by atoms with van der Waals surface area (Å²) in [6, 6.07) is 12.5. The van der Waals surface area contributed by atoms with Gasteiger partial charge in [0.2, 0.25) is 0 Å². The largest absolute Gasteiger partial charge is 0.372 e. The minimum atomic E-state index is -1.03. The van der Waals surface area contributed by atoms with Gasteiger partial charge in [-0.1, -0.05) is 47.5 Å². The Labute approximate surface area is 207 Å². The van der Waals surface area contributed by atoms with Gasteiger partial charge in [0.15, 0.2) is 0 Å². The van der Waals surface area contributed by atoms with E-state index in [0.717, 1.165) is 23.8 Å². The molecule has 184 valence electrons. The highest BCUT2D eigenvalue weighted by Gasteiger charge is 2.49. The summed E-state index contributed by atoms with van der Waals surface area (Å²) >= 11 is 1.20. The second-order valence-corrected chi connectivity index (χ2v) is 8.90. The molecule has 0 radical (unpaired) electrons. The molecule has 3 rings (SSSR count). The summed E-state index contributed by atoms with van der Waals surface area (Å²) < 4.78 is 34.0. The Morgan fingerprint density at radius 2 is 2.06 bits per heavy atom. The number of hydrogen-bond donors (Lipinski definition) is 2. The van der Waals surface area contributed by atoms with Gasteiger partial charge in [0.25, 0.3) is 11.9 Å². The molecule has 8 nitrogen and oxygen atoms in total. The van der Waals surface area contributed by atoms with Crippen LogP contribution in [0.1, 0.15) is 30.9 Å². The number of guanidine groups is 1. The van der Waals surface area contributed by atoms with E-state index in [1.165, 1.54) is 23.9 Å². The Morgan fingerprint density at radius 1 is 1.31 bits per heavy atom. The molecule has 2 atom stereocenters. The third-order valence-corrected chi connectivity index (χ3v) is 6.91. The number of carbonyl (C=O) groups is 1. The molecule has 0 aromatic heterocycles. The van der Waals surface area contributed by atoms with Gasteiger partial charge in [-0.25, -0.2) is 13.8 Å². The summed E-state index contributed by atoms with van der Waals surface area (Å²) in [7, 11) is 2.98. The van der Waals surface area contributed by atoms with Crippen LogP contribution in [0.25, 0.3) is 4.95 Å². The molecule has 11 heteroatoms. The molecule has 0 aliphatic carbocycles. The predicted octanol–water partition coefficient (Wildman–Crippen LogP) is 3.87. The average molecular weight is 501 g/mol. The molecule has 0 bridgehead atoms. The van der Waals surface area contributed by atoms with Crippen molar-refractivity contribution in [3.05, 3.63) is 82.8 Å². The Kier molecular flexibility index (Phi) is 8.78. The molecule has 1 aliphatic heterocycles. The summed E-state index contributed by atoms with van der Waals surface area (Å²) in [5, 5.41) is 9.06. The fourth-order valence-corrected chi connectivity index (χ4v) is 5.03. The van der Waals surface area contributed by atoms with Crippen LogP contribution < -0.4 is 10.7 Å². The molecule has 0 unspecified atom stereocenters. The van der Waals surface area contributed by atoms with Gasteiger partial charge in [0, 0.05) is 26.3 Å². The van der Waals surface area contributed by atoms with Gasteiger partial charge < -0.3 is 10.1 Å². The van der Waals surface area contributed by atoms with Crippen LogP contribution >= 0.6 is 11.8 Å². The van der Waals surface area contributed by atoms with Gasteiger partial charge in [0.1, 0.15) is 27.7 Å². The minimum absolute atomic E-state index is 0.0181. The smallest absolute Gasteiger partial charge is 0.273 e. The molecule has 0 fully saturated rings. The Hall–Kier alpha value is -3.49. The van der Waals surface area contributed by atoms with Gasteiger partial charge in [-0.2, -0.15) is 16.6 Å². The van der Waals surface area contributed by atoms with E-state index in [0.29, 0.717) is 25.3 Å². The predicted molar refractivity (Wildman–Crippen MR) is 132 cm³/mol. The zero-order valence-electron chi connectivity index (χ0n) is 19.6. The van der Waals surface area contributed by atoms with Gasteiger partial charge in [0.05, 0.1) is 0 Å². The van der Waals surface area contributed by atoms with Crippen molar-refractivity contribution in [2.45, 2.75) is 30.7 Å². The Balaban J connectivity index is 2.01. The van der Waals surface area contributed by atoms with Crippen LogP contribution in [-0.4, -0.2) is 48.7 Å². The number of methoxy groups -OCH3 is 1. The Bertz CT molecular complexity index is 1150. The molecule has 1 aliphatic rings. The SMILES string of the molecule is [C-]#[N+]NC(=NC)NCCC[C@@]1(c2ccccc2)SC(c2cc(F)ccc2F)=NN1C(=O)[C@H](C)OC. The number of amides is 1. The molecule has 0 spiro atoms. The van der Waals surface area contributed by atoms with Crippen molar-refractivity contribution in [1.82, 2.24) is 15.8 Å². The monoisotopic (exact) mass is 500 g/mol. The molecule has 2 aromatic carbocycles. The number of nitrogens with zero attached hydrogens (tertiary/aromatic N) is 4. The van der Waals surface area contributed by atoms with E-state index in [1.807, 2.05) is 30.3 Å². The number of thioether (sulfide) groups is 1. The topological polar surface area (TPSA) is 82.7 Å². The highest BCUT2D eigenvalue weighted by atomic mass is 32.2. The number of nitrogens with one attached hydrogen (secondary N) is 2. The van der Waals surface area contributed by atoms with E-state index in [1.54, 1.807) is 14.0 Å². The molecule has 35 heavy (non-hydrogen) atoms. The maximum Gasteiger partial charge on any atom is 0.273 e. The third-order valence-electron chi connectivity index (χ3n) is 5.46. The first-order valence-electron chi connectivity index (χ1n) is 10.8. The minimum Gasteiger partial charge on any atom is -0.372 e. The summed E-state index contributed by atoms with van der Waals surface area (Å²) in [4.78, 5) is 19.4. The quantitative estimate of drug-likeness (QED) is 0.189.